The molecule has 0 saturated carbocycles. The van der Waals surface area contributed by atoms with Gasteiger partial charge in [0.1, 0.15) is 18.0 Å². The molecule has 11 heteroatoms. The number of aromatic nitrogens is 2. The van der Waals surface area contributed by atoms with Gasteiger partial charge in [0.2, 0.25) is 11.8 Å². The summed E-state index contributed by atoms with van der Waals surface area (Å²) in [6.07, 6.45) is 4.48. The van der Waals surface area contributed by atoms with Gasteiger partial charge in [-0.1, -0.05) is 30.8 Å². The molecule has 2 saturated heterocycles. The van der Waals surface area contributed by atoms with Crippen LogP contribution in [-0.2, 0) is 22.7 Å². The molecule has 1 spiro atoms. The summed E-state index contributed by atoms with van der Waals surface area (Å²) in [5, 5.41) is 9.48. The number of rotatable bonds is 6. The molecule has 42 heavy (non-hydrogen) atoms. The Morgan fingerprint density at radius 3 is 2.74 bits per heavy atom. The van der Waals surface area contributed by atoms with Crippen molar-refractivity contribution in [2.45, 2.75) is 68.6 Å². The lowest BCUT2D eigenvalue weighted by molar-refractivity contribution is -0.128. The highest BCUT2D eigenvalue weighted by molar-refractivity contribution is 5.87. The van der Waals surface area contributed by atoms with Gasteiger partial charge in [0.05, 0.1) is 24.1 Å². The molecule has 4 heterocycles. The van der Waals surface area contributed by atoms with Crippen molar-refractivity contribution in [3.63, 3.8) is 0 Å². The quantitative estimate of drug-likeness (QED) is 0.472. The highest BCUT2D eigenvalue weighted by atomic mass is 19.3. The number of hydrogen-bond acceptors (Lipinski definition) is 8. The zero-order valence-corrected chi connectivity index (χ0v) is 23.9. The average Bonchev–Trinajstić information content (AvgIpc) is 3.42. The van der Waals surface area contributed by atoms with Crippen LogP contribution in [0.1, 0.15) is 55.2 Å². The van der Waals surface area contributed by atoms with E-state index in [0.29, 0.717) is 56.3 Å². The molecule has 0 N–H and O–H groups in total. The van der Waals surface area contributed by atoms with Crippen molar-refractivity contribution >= 4 is 11.7 Å². The van der Waals surface area contributed by atoms with E-state index >= 15 is 0 Å². The molecule has 1 aromatic carbocycles. The molecule has 0 unspecified atom stereocenters. The van der Waals surface area contributed by atoms with Crippen LogP contribution in [0.25, 0.3) is 0 Å². The Hall–Kier alpha value is -3.78. The molecular formula is C31H36F2N6O3. The van der Waals surface area contributed by atoms with Crippen LogP contribution < -0.4 is 14.4 Å². The molecule has 4 aliphatic rings. The van der Waals surface area contributed by atoms with E-state index in [9.17, 15) is 18.8 Å². The molecule has 1 aliphatic carbocycles. The molecule has 9 nitrogen and oxygen atoms in total. The third kappa shape index (κ3) is 5.06. The molecular weight excluding hydrogens is 542 g/mol. The number of piperazine rings is 1. The fourth-order valence-corrected chi connectivity index (χ4v) is 6.91. The predicted molar refractivity (Wildman–Crippen MR) is 152 cm³/mol. The van der Waals surface area contributed by atoms with Gasteiger partial charge in [-0.25, -0.2) is 8.78 Å². The molecule has 2 fully saturated rings. The highest BCUT2D eigenvalue weighted by Gasteiger charge is 2.51. The number of likely N-dealkylation sites (tertiary alicyclic amines) is 1. The first kappa shape index (κ1) is 28.3. The molecule has 1 aromatic heterocycles. The standard InChI is InChI=1S/C31H36F2N6O3/c1-3-26(40)39-18-17-38(19-21(39)11-15-34)27-23-10-12-30(13-14-31(32,33)25-9-5-4-8-24(25)30)42-28(23)36-29(35-27)41-20-22-7-6-16-37(22)2/h3-5,8-9,21-22H,1,6-7,10-14,16-20H2,2H3/t21-,22-,30+/m0/s1. The van der Waals surface area contributed by atoms with Crippen LogP contribution in [0, 0.1) is 11.3 Å². The Kier molecular flexibility index (Phi) is 7.51. The molecule has 0 radical (unpaired) electrons. The first-order valence-corrected chi connectivity index (χ1v) is 14.7. The SMILES string of the molecule is C=CC(=O)N1CCN(c2nc(OC[C@@H]3CCCN3C)nc3c2CC[C@]2(CCC(F)(F)c4ccccc42)O3)C[C@@H]1CC#N. The number of hydrogen-bond donors (Lipinski definition) is 0. The number of ether oxygens (including phenoxy) is 2. The number of benzene rings is 1. The van der Waals surface area contributed by atoms with E-state index < -0.39 is 11.5 Å². The van der Waals surface area contributed by atoms with Gasteiger partial charge in [0.25, 0.3) is 5.92 Å². The maximum absolute atomic E-state index is 14.9. The number of alkyl halides is 2. The van der Waals surface area contributed by atoms with Gasteiger partial charge in [-0.3, -0.25) is 4.79 Å². The van der Waals surface area contributed by atoms with E-state index in [1.807, 2.05) is 0 Å². The number of carbonyl (C=O) groups is 1. The Bertz CT molecular complexity index is 1410. The molecule has 3 aliphatic heterocycles. The lowest BCUT2D eigenvalue weighted by Crippen LogP contribution is -2.55. The zero-order valence-electron chi connectivity index (χ0n) is 23.9. The van der Waals surface area contributed by atoms with Crippen LogP contribution in [0.15, 0.2) is 36.9 Å². The monoisotopic (exact) mass is 578 g/mol. The second-order valence-corrected chi connectivity index (χ2v) is 11.7. The van der Waals surface area contributed by atoms with E-state index in [-0.39, 0.29) is 48.8 Å². The second kappa shape index (κ2) is 11.1. The van der Waals surface area contributed by atoms with Crippen molar-refractivity contribution in [3.8, 4) is 18.0 Å². The summed E-state index contributed by atoms with van der Waals surface area (Å²) in [6, 6.07) is 8.95. The minimum absolute atomic E-state index is 0.0112. The lowest BCUT2D eigenvalue weighted by atomic mass is 9.73. The first-order valence-electron chi connectivity index (χ1n) is 14.7. The van der Waals surface area contributed by atoms with Gasteiger partial charge in [-0.05, 0) is 51.8 Å². The molecule has 6 rings (SSSR count). The van der Waals surface area contributed by atoms with E-state index in [1.165, 1.54) is 12.1 Å². The number of halogens is 2. The number of fused-ring (bicyclic) bond motifs is 3. The van der Waals surface area contributed by atoms with Crippen molar-refractivity contribution in [1.29, 1.82) is 5.26 Å². The fourth-order valence-electron chi connectivity index (χ4n) is 6.91. The number of anilines is 1. The predicted octanol–water partition coefficient (Wildman–Crippen LogP) is 4.17. The summed E-state index contributed by atoms with van der Waals surface area (Å²) >= 11 is 0. The Labute approximate surface area is 244 Å². The Morgan fingerprint density at radius 2 is 2.00 bits per heavy atom. The summed E-state index contributed by atoms with van der Waals surface area (Å²) in [7, 11) is 2.07. The van der Waals surface area contributed by atoms with E-state index in [2.05, 4.69) is 29.5 Å². The van der Waals surface area contributed by atoms with Crippen LogP contribution in [-0.4, -0.2) is 77.6 Å². The molecule has 3 atom stereocenters. The summed E-state index contributed by atoms with van der Waals surface area (Å²) in [6.45, 7) is 6.35. The minimum Gasteiger partial charge on any atom is -0.466 e. The maximum atomic E-state index is 14.9. The lowest BCUT2D eigenvalue weighted by Gasteiger charge is -2.45. The number of nitrogens with zero attached hydrogens (tertiary/aromatic N) is 6. The molecule has 0 bridgehead atoms. The highest BCUT2D eigenvalue weighted by Crippen LogP contribution is 2.53. The van der Waals surface area contributed by atoms with Crippen molar-refractivity contribution in [1.82, 2.24) is 19.8 Å². The Balaban J connectivity index is 1.36. The van der Waals surface area contributed by atoms with Crippen molar-refractivity contribution in [3.05, 3.63) is 53.6 Å². The van der Waals surface area contributed by atoms with Gasteiger partial charge in [0, 0.05) is 43.2 Å². The van der Waals surface area contributed by atoms with Crippen LogP contribution >= 0.6 is 0 Å². The summed E-state index contributed by atoms with van der Waals surface area (Å²) in [4.78, 5) is 28.0. The van der Waals surface area contributed by atoms with Crippen LogP contribution in [0.3, 0.4) is 0 Å². The normalized spacial score (nSPS) is 26.6. The maximum Gasteiger partial charge on any atom is 0.321 e. The first-order chi connectivity index (χ1) is 20.2. The zero-order chi connectivity index (χ0) is 29.5. The largest absolute Gasteiger partial charge is 0.466 e. The van der Waals surface area contributed by atoms with E-state index in [4.69, 9.17) is 19.4 Å². The van der Waals surface area contributed by atoms with Gasteiger partial charge in [-0.2, -0.15) is 15.2 Å². The summed E-state index contributed by atoms with van der Waals surface area (Å²) in [5.41, 5.74) is 0.392. The van der Waals surface area contributed by atoms with E-state index in [1.54, 1.807) is 23.1 Å². The third-order valence-electron chi connectivity index (χ3n) is 9.30. The number of amides is 1. The van der Waals surface area contributed by atoms with Gasteiger partial charge in [0.15, 0.2) is 0 Å². The topological polar surface area (TPSA) is 94.8 Å². The third-order valence-corrected chi connectivity index (χ3v) is 9.30. The van der Waals surface area contributed by atoms with Gasteiger partial charge >= 0.3 is 6.01 Å². The molecule has 222 valence electrons. The minimum atomic E-state index is -2.91. The van der Waals surface area contributed by atoms with E-state index in [0.717, 1.165) is 24.9 Å². The van der Waals surface area contributed by atoms with Crippen LogP contribution in [0.2, 0.25) is 0 Å². The number of likely N-dealkylation sites (N-methyl/N-ethyl adjacent to an activating group) is 1. The second-order valence-electron chi connectivity index (χ2n) is 11.7. The van der Waals surface area contributed by atoms with Gasteiger partial charge < -0.3 is 24.2 Å². The van der Waals surface area contributed by atoms with Gasteiger partial charge in [-0.15, -0.1) is 0 Å². The fraction of sp³-hybridized carbons (Fsp3) is 0.548. The van der Waals surface area contributed by atoms with Crippen molar-refractivity contribution in [2.24, 2.45) is 0 Å². The smallest absolute Gasteiger partial charge is 0.321 e. The molecule has 1 amide bonds. The number of carbonyl (C=O) groups excluding carboxylic acids is 1. The summed E-state index contributed by atoms with van der Waals surface area (Å²) in [5.74, 6) is -2.13. The van der Waals surface area contributed by atoms with Crippen LogP contribution in [0.4, 0.5) is 14.6 Å². The number of nitriles is 1. The average molecular weight is 579 g/mol. The molecule has 2 aromatic rings. The van der Waals surface area contributed by atoms with Crippen LogP contribution in [0.5, 0.6) is 11.9 Å². The van der Waals surface area contributed by atoms with Crippen molar-refractivity contribution in [2.75, 3.05) is 44.7 Å². The summed E-state index contributed by atoms with van der Waals surface area (Å²) < 4.78 is 42.7. The Morgan fingerprint density at radius 1 is 1.19 bits per heavy atom. The van der Waals surface area contributed by atoms with Crippen molar-refractivity contribution < 1.29 is 23.0 Å².